The van der Waals surface area contributed by atoms with Gasteiger partial charge in [0.1, 0.15) is 48.3 Å². The Kier molecular flexibility index (Phi) is 27.7. The molecule has 0 radical (unpaired) electrons. The fourth-order valence-corrected chi connectivity index (χ4v) is 8.56. The second kappa shape index (κ2) is 33.4. The van der Waals surface area contributed by atoms with E-state index >= 15 is 0 Å². The number of amides is 10. The number of guanidine groups is 1. The Balaban J connectivity index is 1.80. The molecule has 0 spiro atoms. The Morgan fingerprint density at radius 2 is 1.30 bits per heavy atom. The molecule has 1 aromatic carbocycles. The van der Waals surface area contributed by atoms with Crippen LogP contribution in [0.4, 0.5) is 0 Å². The number of nitrogens with two attached hydrogens (primary N) is 4. The van der Waals surface area contributed by atoms with Crippen LogP contribution in [0.15, 0.2) is 47.8 Å². The number of hydrogen-bond acceptors (Lipinski definition) is 15. The maximum Gasteiger partial charge on any atom is 0.326 e. The summed E-state index contributed by atoms with van der Waals surface area (Å²) in [5.74, 6) is -11.5. The van der Waals surface area contributed by atoms with Gasteiger partial charge in [0.05, 0.1) is 31.9 Å². The molecule has 81 heavy (non-hydrogen) atoms. The van der Waals surface area contributed by atoms with Crippen molar-refractivity contribution in [1.82, 2.24) is 57.4 Å². The molecule has 0 bridgehead atoms. The number of aromatic nitrogens is 2. The van der Waals surface area contributed by atoms with E-state index in [9.17, 15) is 63.0 Å². The van der Waals surface area contributed by atoms with Crippen molar-refractivity contribution in [3.8, 4) is 0 Å². The zero-order valence-corrected chi connectivity index (χ0v) is 46.7. The molecule has 448 valence electrons. The van der Waals surface area contributed by atoms with Crippen LogP contribution in [-0.2, 0) is 65.6 Å². The van der Waals surface area contributed by atoms with E-state index < -0.39 is 151 Å². The largest absolute Gasteiger partial charge is 0.480 e. The van der Waals surface area contributed by atoms with Gasteiger partial charge in [-0.05, 0) is 49.0 Å². The average Bonchev–Trinajstić information content (AvgIpc) is 4.15. The molecule has 1 aliphatic rings. The molecule has 0 aliphatic carbocycles. The molecule has 1 aliphatic heterocycles. The summed E-state index contributed by atoms with van der Waals surface area (Å²) in [4.78, 5) is 160. The van der Waals surface area contributed by atoms with Gasteiger partial charge in [0.2, 0.25) is 59.1 Å². The Morgan fingerprint density at radius 3 is 1.86 bits per heavy atom. The van der Waals surface area contributed by atoms with E-state index in [0.717, 1.165) is 4.90 Å². The number of aliphatic carboxylic acids is 1. The lowest BCUT2D eigenvalue weighted by Crippen LogP contribution is -2.60. The Bertz CT molecular complexity index is 2490. The number of primary amides is 1. The minimum atomic E-state index is -1.72. The van der Waals surface area contributed by atoms with E-state index in [1.54, 1.807) is 71.9 Å². The van der Waals surface area contributed by atoms with Crippen LogP contribution in [0.2, 0.25) is 0 Å². The number of aliphatic hydroxyl groups excluding tert-OH is 1. The van der Waals surface area contributed by atoms with Crippen LogP contribution in [0, 0.1) is 17.8 Å². The zero-order valence-electron chi connectivity index (χ0n) is 46.7. The number of benzene rings is 1. The first kappa shape index (κ1) is 67.1. The number of carbonyl (C=O) groups is 11. The van der Waals surface area contributed by atoms with Gasteiger partial charge >= 0.3 is 5.97 Å². The van der Waals surface area contributed by atoms with E-state index in [-0.39, 0.29) is 57.1 Å². The highest BCUT2D eigenvalue weighted by atomic mass is 16.4. The predicted octanol–water partition coefficient (Wildman–Crippen LogP) is -4.22. The molecular formula is C52H82N16O13. The molecule has 0 unspecified atom stereocenters. The van der Waals surface area contributed by atoms with Crippen molar-refractivity contribution in [3.05, 3.63) is 54.1 Å². The number of nitrogens with zero attached hydrogens (tertiary/aromatic N) is 3. The third-order valence-electron chi connectivity index (χ3n) is 13.8. The molecule has 1 fully saturated rings. The van der Waals surface area contributed by atoms with Gasteiger partial charge in [0.25, 0.3) is 0 Å². The fraction of sp³-hybridized carbons (Fsp3) is 0.596. The summed E-state index contributed by atoms with van der Waals surface area (Å²) in [5.41, 5.74) is 23.5. The summed E-state index contributed by atoms with van der Waals surface area (Å²) in [7, 11) is 0. The van der Waals surface area contributed by atoms with Crippen LogP contribution in [0.5, 0.6) is 0 Å². The summed E-state index contributed by atoms with van der Waals surface area (Å²) in [5, 5.41) is 40.3. The second-order valence-electron chi connectivity index (χ2n) is 20.4. The van der Waals surface area contributed by atoms with Crippen LogP contribution < -0.4 is 65.5 Å². The molecule has 3 rings (SSSR count). The van der Waals surface area contributed by atoms with E-state index in [1.165, 1.54) is 12.5 Å². The first-order valence-electron chi connectivity index (χ1n) is 27.0. The maximum absolute atomic E-state index is 14.4. The summed E-state index contributed by atoms with van der Waals surface area (Å²) < 4.78 is 0. The number of carbonyl (C=O) groups excluding carboxylic acids is 10. The first-order chi connectivity index (χ1) is 38.3. The van der Waals surface area contributed by atoms with Crippen molar-refractivity contribution >= 4 is 71.0 Å². The van der Waals surface area contributed by atoms with Gasteiger partial charge in [-0.15, -0.1) is 0 Å². The van der Waals surface area contributed by atoms with Crippen LogP contribution in [0.25, 0.3) is 0 Å². The molecule has 10 amide bonds. The van der Waals surface area contributed by atoms with Crippen LogP contribution in [0.1, 0.15) is 97.7 Å². The smallest absolute Gasteiger partial charge is 0.326 e. The van der Waals surface area contributed by atoms with Crippen molar-refractivity contribution in [2.45, 2.75) is 154 Å². The van der Waals surface area contributed by atoms with Crippen molar-refractivity contribution in [2.24, 2.45) is 45.7 Å². The standard InChI is InChI=1S/C52H82N16O13/c1-7-28(5)41(49(78)67-42(51(80)81)29(6)8-2)66-43(72)32(16-12-18-58-52(55)56)62-44(73)33(20-30-14-10-9-11-15-30)63-46(75)35(22-38(53)70)61-39(71)24-59-47(76)37-17-13-19-68(37)50(79)36(25-69)65-45(74)34(21-31-23-57-26-60-31)64-48(77)40(54)27(3)4/h9-11,14-15,23,26-29,32-37,40-42,69H,7-8,12-13,16-22,24-25,54H2,1-6H3,(H2,53,70)(H,57,60)(H,59,76)(H,61,71)(H,62,73)(H,63,75)(H,64,77)(H,65,74)(H,66,72)(H,67,78)(H,80,81)(H4,55,56,58)/t28-,29-,32-,33-,34-,35-,36-,37-,40-,41-,42-/m0/s1. The van der Waals surface area contributed by atoms with Crippen molar-refractivity contribution in [2.75, 3.05) is 26.2 Å². The molecule has 1 saturated heterocycles. The van der Waals surface area contributed by atoms with Crippen LogP contribution >= 0.6 is 0 Å². The highest BCUT2D eigenvalue weighted by Crippen LogP contribution is 2.19. The summed E-state index contributed by atoms with van der Waals surface area (Å²) in [6.07, 6.45) is 3.03. The number of likely N-dealkylation sites (tertiary alicyclic amines) is 1. The first-order valence-corrected chi connectivity index (χ1v) is 27.0. The van der Waals surface area contributed by atoms with Crippen molar-refractivity contribution in [1.29, 1.82) is 0 Å². The normalized spacial score (nSPS) is 16.7. The van der Waals surface area contributed by atoms with Crippen LogP contribution in [0.3, 0.4) is 0 Å². The maximum atomic E-state index is 14.4. The lowest BCUT2D eigenvalue weighted by Gasteiger charge is -2.29. The van der Waals surface area contributed by atoms with Crippen molar-refractivity contribution in [3.63, 3.8) is 0 Å². The number of H-pyrrole nitrogens is 1. The minimum absolute atomic E-state index is 0.0260. The highest BCUT2D eigenvalue weighted by Gasteiger charge is 2.40. The number of nitrogens with one attached hydrogen (secondary N) is 9. The third kappa shape index (κ3) is 21.8. The van der Waals surface area contributed by atoms with E-state index in [0.29, 0.717) is 30.5 Å². The monoisotopic (exact) mass is 1140 g/mol. The fourth-order valence-electron chi connectivity index (χ4n) is 8.56. The van der Waals surface area contributed by atoms with Gasteiger partial charge in [-0.25, -0.2) is 9.78 Å². The number of carboxylic acids is 1. The van der Waals surface area contributed by atoms with Crippen molar-refractivity contribution < 1.29 is 63.0 Å². The minimum Gasteiger partial charge on any atom is -0.480 e. The predicted molar refractivity (Wildman–Crippen MR) is 294 cm³/mol. The SMILES string of the molecule is CC[C@H](C)[C@H](NC(=O)[C@@H](NC(=O)[C@H](CCCN=C(N)N)NC(=O)[C@H](Cc1ccccc1)NC(=O)[C@H](CC(N)=O)NC(=O)CNC(=O)[C@@H]1CCCN1C(=O)[C@H](CO)NC(=O)[C@H](Cc1cnc[nH]1)NC(=O)[C@@H](N)C(C)C)[C@@H](C)CC)C(=O)O. The van der Waals surface area contributed by atoms with E-state index in [1.807, 2.05) is 0 Å². The molecule has 19 N–H and O–H groups in total. The Hall–Kier alpha value is -8.21. The molecule has 29 heteroatoms. The zero-order chi connectivity index (χ0) is 60.5. The number of carboxylic acid groups (broad SMARTS) is 1. The summed E-state index contributed by atoms with van der Waals surface area (Å²) in [6, 6.07) is -3.74. The lowest BCUT2D eigenvalue weighted by molar-refractivity contribution is -0.144. The molecule has 1 aromatic heterocycles. The van der Waals surface area contributed by atoms with Gasteiger partial charge in [-0.2, -0.15) is 0 Å². The summed E-state index contributed by atoms with van der Waals surface area (Å²) in [6.45, 7) is 8.68. The second-order valence-corrected chi connectivity index (χ2v) is 20.4. The quantitative estimate of drug-likeness (QED) is 0.0179. The third-order valence-corrected chi connectivity index (χ3v) is 13.8. The average molecular weight is 1140 g/mol. The molecule has 29 nitrogen and oxygen atoms in total. The highest BCUT2D eigenvalue weighted by molar-refractivity contribution is 5.99. The number of hydrogen-bond donors (Lipinski definition) is 15. The Morgan fingerprint density at radius 1 is 0.728 bits per heavy atom. The topological polar surface area (TPSA) is 473 Å². The van der Waals surface area contributed by atoms with Gasteiger partial charge in [-0.1, -0.05) is 84.7 Å². The molecule has 2 heterocycles. The van der Waals surface area contributed by atoms with Gasteiger partial charge < -0.3 is 85.6 Å². The van der Waals surface area contributed by atoms with Gasteiger partial charge in [0, 0.05) is 37.8 Å². The number of rotatable bonds is 34. The van der Waals surface area contributed by atoms with Gasteiger partial charge in [0.15, 0.2) is 5.96 Å². The van der Waals surface area contributed by atoms with Gasteiger partial charge in [-0.3, -0.25) is 52.9 Å². The van der Waals surface area contributed by atoms with E-state index in [2.05, 4.69) is 57.5 Å². The van der Waals surface area contributed by atoms with Crippen LogP contribution in [-0.4, -0.2) is 177 Å². The Labute approximate surface area is 469 Å². The number of imidazole rings is 1. The number of aliphatic hydroxyl groups is 1. The number of aliphatic imine (C=N–C) groups is 1. The molecule has 2 aromatic rings. The molecular weight excluding hydrogens is 1060 g/mol. The molecule has 0 saturated carbocycles. The lowest BCUT2D eigenvalue weighted by atomic mass is 9.95. The summed E-state index contributed by atoms with van der Waals surface area (Å²) >= 11 is 0. The van der Waals surface area contributed by atoms with E-state index in [4.69, 9.17) is 22.9 Å². The number of aromatic amines is 1. The molecule has 11 atom stereocenters.